The highest BCUT2D eigenvalue weighted by Gasteiger charge is 2.23. The van der Waals surface area contributed by atoms with Crippen LogP contribution in [0.25, 0.3) is 0 Å². The van der Waals surface area contributed by atoms with Gasteiger partial charge in [-0.15, -0.1) is 24.0 Å². The predicted octanol–water partition coefficient (Wildman–Crippen LogP) is 2.65. The first-order valence-corrected chi connectivity index (χ1v) is 9.70. The molecule has 0 spiro atoms. The van der Waals surface area contributed by atoms with Crippen molar-refractivity contribution in [1.82, 2.24) is 15.5 Å². The Morgan fingerprint density at radius 1 is 1.22 bits per heavy atom. The summed E-state index contributed by atoms with van der Waals surface area (Å²) in [6.45, 7) is 5.30. The topological polar surface area (TPSA) is 58.1 Å². The Morgan fingerprint density at radius 3 is 2.52 bits per heavy atom. The van der Waals surface area contributed by atoms with E-state index >= 15 is 0 Å². The van der Waals surface area contributed by atoms with Gasteiger partial charge in [0.1, 0.15) is 5.75 Å². The fraction of sp³-hybridized carbons (Fsp3) is 0.650. The second-order valence-corrected chi connectivity index (χ2v) is 7.05. The van der Waals surface area contributed by atoms with Crippen LogP contribution >= 0.6 is 24.0 Å². The van der Waals surface area contributed by atoms with E-state index < -0.39 is 0 Å². The van der Waals surface area contributed by atoms with Crippen LogP contribution in [0.1, 0.15) is 30.9 Å². The smallest absolute Gasteiger partial charge is 0.191 e. The molecule has 1 atom stereocenters. The summed E-state index contributed by atoms with van der Waals surface area (Å²) in [5.74, 6) is 2.71. The van der Waals surface area contributed by atoms with Crippen LogP contribution in [-0.4, -0.2) is 64.4 Å². The molecule has 2 aliphatic rings. The maximum Gasteiger partial charge on any atom is 0.191 e. The number of ether oxygens (including phenoxy) is 2. The maximum absolute atomic E-state index is 5.53. The highest BCUT2D eigenvalue weighted by molar-refractivity contribution is 14.0. The van der Waals surface area contributed by atoms with Crippen LogP contribution in [0.2, 0.25) is 0 Å². The number of hydrogen-bond donors (Lipinski definition) is 2. The second kappa shape index (κ2) is 11.7. The van der Waals surface area contributed by atoms with Crippen molar-refractivity contribution in [3.05, 3.63) is 29.8 Å². The normalized spacial score (nSPS) is 19.1. The molecule has 1 aromatic carbocycles. The second-order valence-electron chi connectivity index (χ2n) is 7.05. The van der Waals surface area contributed by atoms with Gasteiger partial charge in [0, 0.05) is 33.2 Å². The number of methoxy groups -OCH3 is 1. The highest BCUT2D eigenvalue weighted by Crippen LogP contribution is 2.31. The fourth-order valence-corrected chi connectivity index (χ4v) is 3.39. The van der Waals surface area contributed by atoms with E-state index in [0.29, 0.717) is 0 Å². The van der Waals surface area contributed by atoms with E-state index in [1.165, 1.54) is 24.8 Å². The summed E-state index contributed by atoms with van der Waals surface area (Å²) in [6, 6.07) is 8.66. The minimum absolute atomic E-state index is 0. The maximum atomic E-state index is 5.53. The highest BCUT2D eigenvalue weighted by atomic mass is 127. The molecule has 1 heterocycles. The Kier molecular flexibility index (Phi) is 9.64. The number of rotatable bonds is 8. The van der Waals surface area contributed by atoms with Crippen LogP contribution in [-0.2, 0) is 4.74 Å². The molecule has 1 saturated heterocycles. The van der Waals surface area contributed by atoms with E-state index in [4.69, 9.17) is 9.47 Å². The molecule has 1 unspecified atom stereocenters. The Morgan fingerprint density at radius 2 is 1.93 bits per heavy atom. The minimum atomic E-state index is 0. The SMILES string of the molecule is CN=C(NCCC1CC1)NCC(c1ccc(OC)cc1)N1CCOCC1.I. The summed E-state index contributed by atoms with van der Waals surface area (Å²) in [5.41, 5.74) is 1.29. The largest absolute Gasteiger partial charge is 0.497 e. The number of guanidine groups is 1. The molecule has 6 nitrogen and oxygen atoms in total. The zero-order chi connectivity index (χ0) is 18.2. The van der Waals surface area contributed by atoms with Crippen LogP contribution in [0.15, 0.2) is 29.3 Å². The third-order valence-electron chi connectivity index (χ3n) is 5.22. The summed E-state index contributed by atoms with van der Waals surface area (Å²) in [4.78, 5) is 6.86. The third-order valence-corrected chi connectivity index (χ3v) is 5.22. The molecule has 1 aliphatic heterocycles. The number of benzene rings is 1. The number of morpholine rings is 1. The molecule has 3 rings (SSSR count). The summed E-state index contributed by atoms with van der Waals surface area (Å²) in [7, 11) is 3.54. The van der Waals surface area contributed by atoms with Crippen molar-refractivity contribution in [2.75, 3.05) is 53.6 Å². The van der Waals surface area contributed by atoms with Crippen LogP contribution in [0.5, 0.6) is 5.75 Å². The lowest BCUT2D eigenvalue weighted by Crippen LogP contribution is -2.46. The van der Waals surface area contributed by atoms with Crippen LogP contribution in [0.4, 0.5) is 0 Å². The van der Waals surface area contributed by atoms with Crippen molar-refractivity contribution in [2.45, 2.75) is 25.3 Å². The number of aliphatic imine (C=N–C) groups is 1. The third kappa shape index (κ3) is 7.12. The Balaban J connectivity index is 0.00000261. The lowest BCUT2D eigenvalue weighted by atomic mass is 10.0. The molecule has 1 aliphatic carbocycles. The zero-order valence-electron chi connectivity index (χ0n) is 16.4. The van der Waals surface area contributed by atoms with Crippen LogP contribution < -0.4 is 15.4 Å². The van der Waals surface area contributed by atoms with E-state index in [1.807, 2.05) is 19.2 Å². The van der Waals surface area contributed by atoms with E-state index in [2.05, 4.69) is 32.7 Å². The van der Waals surface area contributed by atoms with Crippen molar-refractivity contribution in [3.8, 4) is 5.75 Å². The molecule has 2 N–H and O–H groups in total. The first kappa shape index (κ1) is 22.2. The Bertz CT molecular complexity index is 572. The van der Waals surface area contributed by atoms with Crippen LogP contribution in [0.3, 0.4) is 0 Å². The Labute approximate surface area is 180 Å². The summed E-state index contributed by atoms with van der Waals surface area (Å²) < 4.78 is 10.8. The zero-order valence-corrected chi connectivity index (χ0v) is 18.8. The van der Waals surface area contributed by atoms with Crippen molar-refractivity contribution in [2.24, 2.45) is 10.9 Å². The van der Waals surface area contributed by atoms with Gasteiger partial charge in [0.05, 0.1) is 26.4 Å². The first-order chi connectivity index (χ1) is 12.8. The van der Waals surface area contributed by atoms with Gasteiger partial charge >= 0.3 is 0 Å². The van der Waals surface area contributed by atoms with Crippen molar-refractivity contribution >= 4 is 29.9 Å². The monoisotopic (exact) mass is 488 g/mol. The van der Waals surface area contributed by atoms with E-state index in [-0.39, 0.29) is 30.0 Å². The van der Waals surface area contributed by atoms with Crippen molar-refractivity contribution in [3.63, 3.8) is 0 Å². The number of nitrogens with zero attached hydrogens (tertiary/aromatic N) is 2. The van der Waals surface area contributed by atoms with Gasteiger partial charge in [-0.05, 0) is 30.0 Å². The van der Waals surface area contributed by atoms with Gasteiger partial charge in [0.2, 0.25) is 0 Å². The van der Waals surface area contributed by atoms with Gasteiger partial charge in [-0.3, -0.25) is 9.89 Å². The first-order valence-electron chi connectivity index (χ1n) is 9.70. The molecule has 152 valence electrons. The minimum Gasteiger partial charge on any atom is -0.497 e. The summed E-state index contributed by atoms with van der Waals surface area (Å²) >= 11 is 0. The molecule has 0 aromatic heterocycles. The molecule has 1 saturated carbocycles. The number of halogens is 1. The molecular weight excluding hydrogens is 455 g/mol. The van der Waals surface area contributed by atoms with Crippen molar-refractivity contribution in [1.29, 1.82) is 0 Å². The van der Waals surface area contributed by atoms with E-state index in [9.17, 15) is 0 Å². The lowest BCUT2D eigenvalue weighted by Gasteiger charge is -2.35. The summed E-state index contributed by atoms with van der Waals surface area (Å²) in [5, 5.41) is 6.96. The molecule has 0 bridgehead atoms. The number of nitrogens with one attached hydrogen (secondary N) is 2. The molecule has 27 heavy (non-hydrogen) atoms. The van der Waals surface area contributed by atoms with E-state index in [0.717, 1.165) is 57.0 Å². The molecule has 2 fully saturated rings. The van der Waals surface area contributed by atoms with Gasteiger partial charge in [-0.1, -0.05) is 25.0 Å². The molecular formula is C20H33IN4O2. The lowest BCUT2D eigenvalue weighted by molar-refractivity contribution is 0.0170. The molecule has 7 heteroatoms. The van der Waals surface area contributed by atoms with Gasteiger partial charge in [0.25, 0.3) is 0 Å². The molecule has 0 radical (unpaired) electrons. The van der Waals surface area contributed by atoms with Crippen molar-refractivity contribution < 1.29 is 9.47 Å². The van der Waals surface area contributed by atoms with Crippen LogP contribution in [0, 0.1) is 5.92 Å². The van der Waals surface area contributed by atoms with Gasteiger partial charge in [-0.2, -0.15) is 0 Å². The predicted molar refractivity (Wildman–Crippen MR) is 120 cm³/mol. The Hall–Kier alpha value is -1.06. The van der Waals surface area contributed by atoms with E-state index in [1.54, 1.807) is 7.11 Å². The number of hydrogen-bond acceptors (Lipinski definition) is 4. The van der Waals surface area contributed by atoms with Gasteiger partial charge in [-0.25, -0.2) is 0 Å². The molecule has 1 aromatic rings. The average molecular weight is 488 g/mol. The fourth-order valence-electron chi connectivity index (χ4n) is 3.39. The average Bonchev–Trinajstić information content (AvgIpc) is 3.52. The van der Waals surface area contributed by atoms with Gasteiger partial charge in [0.15, 0.2) is 5.96 Å². The molecule has 0 amide bonds. The summed E-state index contributed by atoms with van der Waals surface area (Å²) in [6.07, 6.45) is 4.03. The van der Waals surface area contributed by atoms with Gasteiger partial charge < -0.3 is 20.1 Å². The quantitative estimate of drug-likeness (QED) is 0.335. The standard InChI is InChI=1S/C20H32N4O2.HI/c1-21-20(22-10-9-16-3-4-16)23-15-19(24-11-13-26-14-12-24)17-5-7-18(25-2)8-6-17;/h5-8,16,19H,3-4,9-15H2,1-2H3,(H2,21,22,23);1H.